The van der Waals surface area contributed by atoms with Crippen LogP contribution in [-0.2, 0) is 4.79 Å². The van der Waals surface area contributed by atoms with Crippen LogP contribution >= 0.6 is 11.6 Å². The van der Waals surface area contributed by atoms with Crippen LogP contribution in [0, 0.1) is 0 Å². The molecular formula is C15H17ClN2O4. The SMILES string of the molecule is CN(C)C(=O)C1CCCN1C(=O)c1cc(Cl)c2c(c1)OCO2. The van der Waals surface area contributed by atoms with E-state index in [1.807, 2.05) is 0 Å². The molecular weight excluding hydrogens is 308 g/mol. The Bertz CT molecular complexity index is 632. The predicted octanol–water partition coefficient (Wildman–Crippen LogP) is 1.76. The summed E-state index contributed by atoms with van der Waals surface area (Å²) >= 11 is 6.12. The Morgan fingerprint density at radius 1 is 1.32 bits per heavy atom. The zero-order valence-electron chi connectivity index (χ0n) is 12.5. The number of carbonyl (C=O) groups excluding carboxylic acids is 2. The van der Waals surface area contributed by atoms with E-state index in [0.29, 0.717) is 35.1 Å². The number of benzene rings is 1. The molecule has 6 nitrogen and oxygen atoms in total. The minimum absolute atomic E-state index is 0.0577. The van der Waals surface area contributed by atoms with Gasteiger partial charge in [0.05, 0.1) is 5.02 Å². The highest BCUT2D eigenvalue weighted by Crippen LogP contribution is 2.40. The second-order valence-corrected chi connectivity index (χ2v) is 5.99. The molecule has 0 aliphatic carbocycles. The van der Waals surface area contributed by atoms with Crippen LogP contribution in [0.25, 0.3) is 0 Å². The van der Waals surface area contributed by atoms with Crippen LogP contribution in [0.2, 0.25) is 5.02 Å². The first kappa shape index (κ1) is 15.0. The normalized spacial score (nSPS) is 19.4. The van der Waals surface area contributed by atoms with Crippen LogP contribution in [0.5, 0.6) is 11.5 Å². The molecule has 1 aromatic rings. The molecule has 118 valence electrons. The van der Waals surface area contributed by atoms with Gasteiger partial charge in [0.15, 0.2) is 11.5 Å². The van der Waals surface area contributed by atoms with Gasteiger partial charge in [0, 0.05) is 26.2 Å². The summed E-state index contributed by atoms with van der Waals surface area (Å²) in [6.07, 6.45) is 1.50. The van der Waals surface area contributed by atoms with Crippen molar-refractivity contribution < 1.29 is 19.1 Å². The molecule has 0 saturated carbocycles. The summed E-state index contributed by atoms with van der Waals surface area (Å²) in [5, 5.41) is 0.341. The lowest BCUT2D eigenvalue weighted by Crippen LogP contribution is -2.45. The third kappa shape index (κ3) is 2.47. The predicted molar refractivity (Wildman–Crippen MR) is 80.3 cm³/mol. The van der Waals surface area contributed by atoms with Crippen molar-refractivity contribution in [1.82, 2.24) is 9.80 Å². The van der Waals surface area contributed by atoms with Crippen molar-refractivity contribution in [2.75, 3.05) is 27.4 Å². The number of fused-ring (bicyclic) bond motifs is 1. The zero-order valence-corrected chi connectivity index (χ0v) is 13.2. The van der Waals surface area contributed by atoms with Crippen molar-refractivity contribution in [3.05, 3.63) is 22.7 Å². The smallest absolute Gasteiger partial charge is 0.254 e. The van der Waals surface area contributed by atoms with Crippen molar-refractivity contribution in [2.45, 2.75) is 18.9 Å². The summed E-state index contributed by atoms with van der Waals surface area (Å²) < 4.78 is 10.5. The molecule has 0 spiro atoms. The molecule has 1 aromatic carbocycles. The second-order valence-electron chi connectivity index (χ2n) is 5.58. The highest BCUT2D eigenvalue weighted by molar-refractivity contribution is 6.32. The highest BCUT2D eigenvalue weighted by atomic mass is 35.5. The third-order valence-corrected chi connectivity index (χ3v) is 4.19. The second kappa shape index (κ2) is 5.68. The van der Waals surface area contributed by atoms with Crippen molar-refractivity contribution >= 4 is 23.4 Å². The number of halogens is 1. The molecule has 7 heteroatoms. The number of amides is 2. The van der Waals surface area contributed by atoms with E-state index >= 15 is 0 Å². The summed E-state index contributed by atoms with van der Waals surface area (Å²) in [5.41, 5.74) is 0.410. The zero-order chi connectivity index (χ0) is 15.9. The third-order valence-electron chi connectivity index (χ3n) is 3.91. The molecule has 2 aliphatic rings. The van der Waals surface area contributed by atoms with Crippen molar-refractivity contribution in [3.8, 4) is 11.5 Å². The fraction of sp³-hybridized carbons (Fsp3) is 0.467. The van der Waals surface area contributed by atoms with E-state index in [0.717, 1.165) is 6.42 Å². The largest absolute Gasteiger partial charge is 0.454 e. The van der Waals surface area contributed by atoms with E-state index < -0.39 is 6.04 Å². The fourth-order valence-electron chi connectivity index (χ4n) is 2.82. The highest BCUT2D eigenvalue weighted by Gasteiger charge is 2.36. The first-order valence-corrected chi connectivity index (χ1v) is 7.48. The Kier molecular flexibility index (Phi) is 3.87. The first-order valence-electron chi connectivity index (χ1n) is 7.10. The van der Waals surface area contributed by atoms with Gasteiger partial charge >= 0.3 is 0 Å². The van der Waals surface area contributed by atoms with Gasteiger partial charge in [-0.15, -0.1) is 0 Å². The Morgan fingerprint density at radius 3 is 2.82 bits per heavy atom. The number of carbonyl (C=O) groups is 2. The lowest BCUT2D eigenvalue weighted by Gasteiger charge is -2.26. The molecule has 1 atom stereocenters. The minimum atomic E-state index is -0.410. The maximum absolute atomic E-state index is 12.7. The maximum Gasteiger partial charge on any atom is 0.254 e. The lowest BCUT2D eigenvalue weighted by atomic mass is 10.1. The number of rotatable bonds is 2. The molecule has 1 unspecified atom stereocenters. The summed E-state index contributed by atoms with van der Waals surface area (Å²) in [7, 11) is 3.39. The average Bonchev–Trinajstić information content (AvgIpc) is 3.14. The van der Waals surface area contributed by atoms with Crippen LogP contribution < -0.4 is 9.47 Å². The van der Waals surface area contributed by atoms with Crippen LogP contribution in [0.4, 0.5) is 0 Å². The summed E-state index contributed by atoms with van der Waals surface area (Å²) in [6.45, 7) is 0.660. The monoisotopic (exact) mass is 324 g/mol. The number of hydrogen-bond donors (Lipinski definition) is 0. The van der Waals surface area contributed by atoms with Crippen LogP contribution in [0.15, 0.2) is 12.1 Å². The average molecular weight is 325 g/mol. The van der Waals surface area contributed by atoms with Gasteiger partial charge in [-0.3, -0.25) is 9.59 Å². The van der Waals surface area contributed by atoms with Gasteiger partial charge < -0.3 is 19.3 Å². The van der Waals surface area contributed by atoms with Gasteiger partial charge in [-0.25, -0.2) is 0 Å². The van der Waals surface area contributed by atoms with Gasteiger partial charge in [0.2, 0.25) is 12.7 Å². The van der Waals surface area contributed by atoms with Gasteiger partial charge in [-0.05, 0) is 25.0 Å². The molecule has 0 N–H and O–H groups in total. The van der Waals surface area contributed by atoms with E-state index in [9.17, 15) is 9.59 Å². The molecule has 2 heterocycles. The van der Waals surface area contributed by atoms with Gasteiger partial charge in [-0.1, -0.05) is 11.6 Å². The Labute approximate surface area is 133 Å². The van der Waals surface area contributed by atoms with Gasteiger partial charge in [0.25, 0.3) is 5.91 Å². The molecule has 1 saturated heterocycles. The molecule has 2 amide bonds. The Balaban J connectivity index is 1.87. The number of hydrogen-bond acceptors (Lipinski definition) is 4. The lowest BCUT2D eigenvalue weighted by molar-refractivity contribution is -0.132. The summed E-state index contributed by atoms with van der Waals surface area (Å²) in [5.74, 6) is 0.654. The Hall–Kier alpha value is -1.95. The molecule has 0 bridgehead atoms. The molecule has 1 fully saturated rings. The quantitative estimate of drug-likeness (QED) is 0.832. The van der Waals surface area contributed by atoms with E-state index in [4.69, 9.17) is 21.1 Å². The van der Waals surface area contributed by atoms with Crippen LogP contribution in [0.1, 0.15) is 23.2 Å². The van der Waals surface area contributed by atoms with Crippen molar-refractivity contribution in [3.63, 3.8) is 0 Å². The Morgan fingerprint density at radius 2 is 2.09 bits per heavy atom. The van der Waals surface area contributed by atoms with E-state index in [2.05, 4.69) is 0 Å². The van der Waals surface area contributed by atoms with Crippen LogP contribution in [-0.4, -0.2) is 55.1 Å². The van der Waals surface area contributed by atoms with Crippen molar-refractivity contribution in [2.24, 2.45) is 0 Å². The first-order chi connectivity index (χ1) is 10.5. The summed E-state index contributed by atoms with van der Waals surface area (Å²) in [6, 6.07) is 2.77. The molecule has 22 heavy (non-hydrogen) atoms. The van der Waals surface area contributed by atoms with E-state index in [-0.39, 0.29) is 18.6 Å². The molecule has 2 aliphatic heterocycles. The molecule has 3 rings (SSSR count). The minimum Gasteiger partial charge on any atom is -0.454 e. The molecule has 0 radical (unpaired) electrons. The number of likely N-dealkylation sites (N-methyl/N-ethyl adjacent to an activating group) is 1. The molecule has 0 aromatic heterocycles. The fourth-order valence-corrected chi connectivity index (χ4v) is 3.09. The number of likely N-dealkylation sites (tertiary alicyclic amines) is 1. The van der Waals surface area contributed by atoms with Gasteiger partial charge in [0.1, 0.15) is 6.04 Å². The summed E-state index contributed by atoms with van der Waals surface area (Å²) in [4.78, 5) is 28.1. The number of ether oxygens (including phenoxy) is 2. The van der Waals surface area contributed by atoms with Crippen molar-refractivity contribution in [1.29, 1.82) is 0 Å². The standard InChI is InChI=1S/C15H17ClN2O4/c1-17(2)15(20)11-4-3-5-18(11)14(19)9-6-10(16)13-12(7-9)21-8-22-13/h6-7,11H,3-5,8H2,1-2H3. The number of nitrogens with zero attached hydrogens (tertiary/aromatic N) is 2. The van der Waals surface area contributed by atoms with Gasteiger partial charge in [-0.2, -0.15) is 0 Å². The van der Waals surface area contributed by atoms with E-state index in [1.165, 1.54) is 4.90 Å². The van der Waals surface area contributed by atoms with Crippen LogP contribution in [0.3, 0.4) is 0 Å². The topological polar surface area (TPSA) is 59.1 Å². The maximum atomic E-state index is 12.7. The van der Waals surface area contributed by atoms with E-state index in [1.54, 1.807) is 31.1 Å².